The topological polar surface area (TPSA) is 68.2 Å². The minimum atomic E-state index is -9.90. The molecule has 0 radical (unpaired) electrons. The van der Waals surface area contributed by atoms with E-state index in [4.69, 9.17) is 0 Å². The van der Waals surface area contributed by atoms with Crippen LogP contribution in [0.15, 0.2) is 0 Å². The summed E-state index contributed by atoms with van der Waals surface area (Å²) in [5.41, 5.74) is 0. The van der Waals surface area contributed by atoms with Crippen molar-refractivity contribution in [3.63, 3.8) is 0 Å². The minimum absolute atomic E-state index is 0.482. The highest BCUT2D eigenvalue weighted by atomic mass is 19.5. The molecule has 0 heterocycles. The maximum absolute atomic E-state index is 14.3. The van der Waals surface area contributed by atoms with Gasteiger partial charge in [-0.1, -0.05) is 0 Å². The Morgan fingerprint density at radius 1 is 0.209 bits per heavy atom. The number of hydrogen-bond donors (Lipinski definition) is 2. The number of aliphatic hydroxyl groups excluding tert-OH is 2. The molecule has 5 nitrogen and oxygen atoms in total. The van der Waals surface area contributed by atoms with E-state index < -0.39 is 206 Å². The quantitative estimate of drug-likeness (QED) is 0.0629. The molecule has 4 atom stereocenters. The van der Waals surface area contributed by atoms with Gasteiger partial charge in [-0.2, -0.15) is 220 Å². The highest BCUT2D eigenvalue weighted by Crippen LogP contribution is 2.71. The summed E-state index contributed by atoms with van der Waals surface area (Å²) in [5.74, 6) is -205. The lowest BCUT2D eigenvalue weighted by Crippen LogP contribution is -2.78. The fraction of sp³-hybridized carbons (Fsp3) is 1.00. The standard InChI is InChI=1S/C36H24F50O5/c1-9(90-7-11(87)3-13(37,38)15(41,42)17(45,46)19(49,50)21(53,54)23(57,58)25(61,62)27(65,66)29(69,70)31(73,74)33(77,78)35(81,82)83)5-89-6-10(2)91-8-12(88)4-14(39,40)16(43,44)18(47,48)20(51,52)22(55,56)24(59,60)26(63,64)28(67,68)30(71,72)32(75,76)34(79,80)36(84,85)86/h9-12,87-88H,3-8H2,1-2H3. The second kappa shape index (κ2) is 24.1. The van der Waals surface area contributed by atoms with E-state index in [1.807, 2.05) is 0 Å². The van der Waals surface area contributed by atoms with E-state index in [0.717, 1.165) is 0 Å². The number of halogens is 50. The Hall–Kier alpha value is -3.70. The van der Waals surface area contributed by atoms with E-state index in [1.54, 1.807) is 0 Å². The van der Waals surface area contributed by atoms with Crippen LogP contribution in [-0.2, 0) is 14.2 Å². The Balaban J connectivity index is 6.27. The molecule has 0 fully saturated rings. The van der Waals surface area contributed by atoms with Crippen LogP contribution in [0.2, 0.25) is 0 Å². The van der Waals surface area contributed by atoms with Crippen LogP contribution in [0.4, 0.5) is 220 Å². The smallest absolute Gasteiger partial charge is 0.390 e. The molecule has 0 aromatic rings. The summed E-state index contributed by atoms with van der Waals surface area (Å²) < 4.78 is 698. The first-order chi connectivity index (χ1) is 38.8. The van der Waals surface area contributed by atoms with E-state index in [0.29, 0.717) is 13.8 Å². The van der Waals surface area contributed by atoms with Crippen LogP contribution in [-0.4, -0.2) is 204 Å². The molecule has 0 amide bonds. The van der Waals surface area contributed by atoms with Crippen LogP contribution in [0.5, 0.6) is 0 Å². The Morgan fingerprint density at radius 2 is 0.341 bits per heavy atom. The van der Waals surface area contributed by atoms with Gasteiger partial charge in [-0.05, 0) is 13.8 Å². The zero-order valence-electron chi connectivity index (χ0n) is 41.6. The number of alkyl halides is 50. The van der Waals surface area contributed by atoms with Crippen molar-refractivity contribution >= 4 is 0 Å². The maximum atomic E-state index is 14.3. The first-order valence-electron chi connectivity index (χ1n) is 21.4. The fourth-order valence-corrected chi connectivity index (χ4v) is 5.98. The average molecular weight is 1490 g/mol. The van der Waals surface area contributed by atoms with E-state index in [2.05, 4.69) is 14.2 Å². The van der Waals surface area contributed by atoms with Crippen molar-refractivity contribution in [3.8, 4) is 0 Å². The third kappa shape index (κ3) is 12.6. The van der Waals surface area contributed by atoms with Crippen molar-refractivity contribution in [3.05, 3.63) is 0 Å². The Kier molecular flexibility index (Phi) is 23.2. The molecule has 0 aliphatic heterocycles. The monoisotopic (exact) mass is 1490 g/mol. The molecule has 91 heavy (non-hydrogen) atoms. The summed E-state index contributed by atoms with van der Waals surface area (Å²) in [6, 6.07) is 0. The highest BCUT2D eigenvalue weighted by molar-refractivity contribution is 5.22. The van der Waals surface area contributed by atoms with Crippen LogP contribution >= 0.6 is 0 Å². The summed E-state index contributed by atoms with van der Waals surface area (Å²) in [5, 5.41) is 19.0. The lowest BCUT2D eigenvalue weighted by Gasteiger charge is -2.45. The zero-order valence-corrected chi connectivity index (χ0v) is 41.6. The summed E-state index contributed by atoms with van der Waals surface area (Å²) in [7, 11) is 0. The van der Waals surface area contributed by atoms with E-state index in [-0.39, 0.29) is 0 Å². The lowest BCUT2D eigenvalue weighted by molar-refractivity contribution is -0.482. The molecule has 0 aliphatic rings. The molecule has 0 spiro atoms. The molecule has 0 saturated carbocycles. The molecule has 548 valence electrons. The third-order valence-corrected chi connectivity index (χ3v) is 11.6. The fourth-order valence-electron chi connectivity index (χ4n) is 5.98. The second-order valence-corrected chi connectivity index (χ2v) is 18.4. The van der Waals surface area contributed by atoms with Crippen molar-refractivity contribution in [1.29, 1.82) is 0 Å². The first-order valence-corrected chi connectivity index (χ1v) is 21.4. The third-order valence-electron chi connectivity index (χ3n) is 11.6. The van der Waals surface area contributed by atoms with Gasteiger partial charge < -0.3 is 24.4 Å². The van der Waals surface area contributed by atoms with Crippen molar-refractivity contribution < 1.29 is 244 Å². The molecule has 0 bridgehead atoms. The lowest BCUT2D eigenvalue weighted by atomic mass is 9.84. The van der Waals surface area contributed by atoms with Gasteiger partial charge in [0.2, 0.25) is 0 Å². The second-order valence-electron chi connectivity index (χ2n) is 18.4. The van der Waals surface area contributed by atoms with Crippen LogP contribution in [0.25, 0.3) is 0 Å². The first kappa shape index (κ1) is 87.3. The predicted octanol–water partition coefficient (Wildman–Crippen LogP) is 16.4. The number of aliphatic hydroxyl groups is 2. The molecule has 4 unspecified atom stereocenters. The van der Waals surface area contributed by atoms with Gasteiger partial charge in [0.15, 0.2) is 0 Å². The van der Waals surface area contributed by atoms with Gasteiger partial charge in [0.25, 0.3) is 0 Å². The normalized spacial score (nSPS) is 18.0. The van der Waals surface area contributed by atoms with Gasteiger partial charge in [0.05, 0.1) is 50.8 Å². The van der Waals surface area contributed by atoms with Crippen LogP contribution in [0, 0.1) is 0 Å². The minimum Gasteiger partial charge on any atom is -0.390 e. The number of ether oxygens (including phenoxy) is 3. The van der Waals surface area contributed by atoms with Gasteiger partial charge in [-0.25, -0.2) is 0 Å². The summed E-state index contributed by atoms with van der Waals surface area (Å²) in [4.78, 5) is 0. The summed E-state index contributed by atoms with van der Waals surface area (Å²) in [6.07, 6.45) is -35.7. The molecule has 2 N–H and O–H groups in total. The Labute approximate surface area is 465 Å². The van der Waals surface area contributed by atoms with Crippen molar-refractivity contribution in [2.75, 3.05) is 26.4 Å². The molecular weight excluding hydrogens is 1460 g/mol. The zero-order chi connectivity index (χ0) is 74.7. The largest absolute Gasteiger partial charge is 0.460 e. The molecule has 0 aromatic heterocycles. The SMILES string of the molecule is CC(COCC(C)OCC(O)CC(F)(F)C(F)(F)C(F)(F)C(F)(F)C(F)(F)C(F)(F)C(F)(F)C(F)(F)C(F)(F)C(F)(F)C(F)(F)C(F)(F)F)OCC(O)CC(F)(F)C(F)(F)C(F)(F)C(F)(F)C(F)(F)C(F)(F)C(F)(F)C(F)(F)C(F)(F)C(F)(F)C(F)(F)C(F)(F)F. The predicted molar refractivity (Wildman–Crippen MR) is 184 cm³/mol. The summed E-state index contributed by atoms with van der Waals surface area (Å²) >= 11 is 0. The number of rotatable bonds is 34. The van der Waals surface area contributed by atoms with Crippen LogP contribution in [0.3, 0.4) is 0 Å². The van der Waals surface area contributed by atoms with E-state index >= 15 is 0 Å². The Morgan fingerprint density at radius 3 is 0.484 bits per heavy atom. The van der Waals surface area contributed by atoms with E-state index in [1.165, 1.54) is 0 Å². The van der Waals surface area contributed by atoms with Crippen molar-refractivity contribution in [1.82, 2.24) is 0 Å². The van der Waals surface area contributed by atoms with E-state index in [9.17, 15) is 230 Å². The van der Waals surface area contributed by atoms with Gasteiger partial charge in [0.1, 0.15) is 0 Å². The molecular formula is C36H24F50O5. The van der Waals surface area contributed by atoms with Gasteiger partial charge in [-0.3, -0.25) is 0 Å². The Bertz CT molecular complexity index is 2270. The molecule has 0 saturated heterocycles. The van der Waals surface area contributed by atoms with Crippen LogP contribution < -0.4 is 0 Å². The molecule has 55 heteroatoms. The number of hydrogen-bond acceptors (Lipinski definition) is 5. The van der Waals surface area contributed by atoms with Gasteiger partial charge in [-0.15, -0.1) is 0 Å². The van der Waals surface area contributed by atoms with Gasteiger partial charge in [0, 0.05) is 12.8 Å². The van der Waals surface area contributed by atoms with Crippen molar-refractivity contribution in [2.45, 2.75) is 194 Å². The molecule has 0 aromatic carbocycles. The van der Waals surface area contributed by atoms with Crippen molar-refractivity contribution in [2.24, 2.45) is 0 Å². The molecule has 0 rings (SSSR count). The van der Waals surface area contributed by atoms with Crippen LogP contribution in [0.1, 0.15) is 26.7 Å². The van der Waals surface area contributed by atoms with Gasteiger partial charge >= 0.3 is 143 Å². The maximum Gasteiger partial charge on any atom is 0.460 e. The summed E-state index contributed by atoms with van der Waals surface area (Å²) in [6.45, 7) is -6.08. The average Bonchev–Trinajstić information content (AvgIpc) is 0.693. The molecule has 0 aliphatic carbocycles. The highest BCUT2D eigenvalue weighted by Gasteiger charge is 3.02.